The van der Waals surface area contributed by atoms with E-state index in [1.54, 1.807) is 0 Å². The smallest absolute Gasteiger partial charge is 0.101 e. The van der Waals surface area contributed by atoms with Crippen molar-refractivity contribution in [2.24, 2.45) is 0 Å². The van der Waals surface area contributed by atoms with Crippen LogP contribution in [0.25, 0.3) is 0 Å². The summed E-state index contributed by atoms with van der Waals surface area (Å²) in [5.74, 6) is 0. The Morgan fingerprint density at radius 2 is 1.90 bits per heavy atom. The van der Waals surface area contributed by atoms with Crippen LogP contribution >= 0.6 is 0 Å². The minimum absolute atomic E-state index is 0.636. The summed E-state index contributed by atoms with van der Waals surface area (Å²) in [4.78, 5) is 4.73. The van der Waals surface area contributed by atoms with Gasteiger partial charge in [0.15, 0.2) is 0 Å². The second-order valence-corrected chi connectivity index (χ2v) is 5.07. The summed E-state index contributed by atoms with van der Waals surface area (Å²) in [7, 11) is 0. The van der Waals surface area contributed by atoms with Gasteiger partial charge in [-0.3, -0.25) is 0 Å². The first kappa shape index (κ1) is 14.4. The van der Waals surface area contributed by atoms with E-state index in [4.69, 9.17) is 5.26 Å². The molecule has 1 aliphatic rings. The van der Waals surface area contributed by atoms with Gasteiger partial charge in [-0.25, -0.2) is 0 Å². The molecule has 0 atom stereocenters. The highest BCUT2D eigenvalue weighted by Crippen LogP contribution is 2.21. The van der Waals surface area contributed by atoms with Crippen LogP contribution in [-0.4, -0.2) is 37.6 Å². The molecule has 1 heterocycles. The van der Waals surface area contributed by atoms with Crippen molar-refractivity contribution in [2.45, 2.75) is 19.3 Å². The zero-order valence-corrected chi connectivity index (χ0v) is 11.8. The minimum Gasteiger partial charge on any atom is -0.369 e. The molecule has 0 aliphatic carbocycles. The van der Waals surface area contributed by atoms with E-state index < -0.39 is 0 Å². The van der Waals surface area contributed by atoms with Gasteiger partial charge in [0.2, 0.25) is 0 Å². The lowest BCUT2D eigenvalue weighted by Gasteiger charge is -2.24. The van der Waals surface area contributed by atoms with E-state index in [9.17, 15) is 5.26 Å². The van der Waals surface area contributed by atoms with Crippen LogP contribution in [0.2, 0.25) is 0 Å². The predicted molar refractivity (Wildman–Crippen MR) is 79.3 cm³/mol. The van der Waals surface area contributed by atoms with Crippen molar-refractivity contribution in [3.8, 4) is 12.1 Å². The molecule has 0 saturated carbocycles. The molecule has 1 aromatic rings. The Balaban J connectivity index is 1.96. The molecule has 4 nitrogen and oxygen atoms in total. The SMILES string of the molecule is N#CCCCN1CCCN(c2ccccc2C#N)CC1. The molecule has 0 N–H and O–H groups in total. The molecule has 4 heteroatoms. The summed E-state index contributed by atoms with van der Waals surface area (Å²) in [6.45, 7) is 5.03. The summed E-state index contributed by atoms with van der Waals surface area (Å²) >= 11 is 0. The van der Waals surface area contributed by atoms with Gasteiger partial charge in [-0.15, -0.1) is 0 Å². The molecule has 20 heavy (non-hydrogen) atoms. The van der Waals surface area contributed by atoms with E-state index in [0.717, 1.165) is 56.8 Å². The molecule has 104 valence electrons. The van der Waals surface area contributed by atoms with Crippen molar-refractivity contribution in [2.75, 3.05) is 37.6 Å². The van der Waals surface area contributed by atoms with Crippen LogP contribution < -0.4 is 4.90 Å². The Labute approximate surface area is 120 Å². The van der Waals surface area contributed by atoms with Gasteiger partial charge in [-0.05, 0) is 38.1 Å². The van der Waals surface area contributed by atoms with Gasteiger partial charge in [0.05, 0.1) is 17.3 Å². The van der Waals surface area contributed by atoms with E-state index >= 15 is 0 Å². The fourth-order valence-corrected chi connectivity index (χ4v) is 2.66. The molecule has 2 rings (SSSR count). The lowest BCUT2D eigenvalue weighted by Crippen LogP contribution is -2.31. The first-order valence-corrected chi connectivity index (χ1v) is 7.18. The third-order valence-corrected chi connectivity index (χ3v) is 3.72. The number of benzene rings is 1. The zero-order chi connectivity index (χ0) is 14.2. The number of rotatable bonds is 4. The molecular formula is C16H20N4. The highest BCUT2D eigenvalue weighted by Gasteiger charge is 2.16. The fourth-order valence-electron chi connectivity index (χ4n) is 2.66. The van der Waals surface area contributed by atoms with E-state index in [1.807, 2.05) is 24.3 Å². The standard InChI is InChI=1S/C16H20N4/c17-8-3-4-9-19-10-5-11-20(13-12-19)16-7-2-1-6-15(16)14-18/h1-2,6-7H,3-5,9-13H2. The zero-order valence-electron chi connectivity index (χ0n) is 11.8. The first-order chi connectivity index (χ1) is 9.85. The molecular weight excluding hydrogens is 248 g/mol. The van der Waals surface area contributed by atoms with Gasteiger partial charge in [0, 0.05) is 26.1 Å². The second kappa shape index (κ2) is 7.53. The van der Waals surface area contributed by atoms with Crippen LogP contribution in [0.4, 0.5) is 5.69 Å². The predicted octanol–water partition coefficient (Wildman–Crippen LogP) is 2.37. The number of anilines is 1. The molecule has 1 saturated heterocycles. The van der Waals surface area contributed by atoms with Crippen molar-refractivity contribution < 1.29 is 0 Å². The summed E-state index contributed by atoms with van der Waals surface area (Å²) in [6.07, 6.45) is 2.69. The minimum atomic E-state index is 0.636. The van der Waals surface area contributed by atoms with E-state index in [-0.39, 0.29) is 0 Å². The Bertz CT molecular complexity index is 512. The average Bonchev–Trinajstić information content (AvgIpc) is 2.73. The molecule has 0 spiro atoms. The average molecular weight is 268 g/mol. The highest BCUT2D eigenvalue weighted by molar-refractivity contribution is 5.59. The van der Waals surface area contributed by atoms with Crippen molar-refractivity contribution in [3.05, 3.63) is 29.8 Å². The molecule has 1 aliphatic heterocycles. The lowest BCUT2D eigenvalue weighted by molar-refractivity contribution is 0.291. The maximum Gasteiger partial charge on any atom is 0.101 e. The molecule has 0 aromatic heterocycles. The van der Waals surface area contributed by atoms with E-state index in [0.29, 0.717) is 6.42 Å². The third-order valence-electron chi connectivity index (χ3n) is 3.72. The van der Waals surface area contributed by atoms with Gasteiger partial charge < -0.3 is 9.80 Å². The Hall–Kier alpha value is -2.04. The Morgan fingerprint density at radius 1 is 1.05 bits per heavy atom. The number of hydrogen-bond acceptors (Lipinski definition) is 4. The molecule has 0 unspecified atom stereocenters. The second-order valence-electron chi connectivity index (χ2n) is 5.07. The quantitative estimate of drug-likeness (QED) is 0.787. The van der Waals surface area contributed by atoms with Crippen molar-refractivity contribution >= 4 is 5.69 Å². The van der Waals surface area contributed by atoms with Crippen LogP contribution in [-0.2, 0) is 0 Å². The summed E-state index contributed by atoms with van der Waals surface area (Å²) in [5, 5.41) is 17.8. The molecule has 0 bridgehead atoms. The molecule has 1 aromatic carbocycles. The van der Waals surface area contributed by atoms with Gasteiger partial charge in [0.1, 0.15) is 6.07 Å². The fraction of sp³-hybridized carbons (Fsp3) is 0.500. The summed E-state index contributed by atoms with van der Waals surface area (Å²) in [6, 6.07) is 12.3. The van der Waals surface area contributed by atoms with Gasteiger partial charge >= 0.3 is 0 Å². The van der Waals surface area contributed by atoms with Crippen molar-refractivity contribution in [1.82, 2.24) is 4.90 Å². The Morgan fingerprint density at radius 3 is 2.70 bits per heavy atom. The van der Waals surface area contributed by atoms with Crippen LogP contribution in [0, 0.1) is 22.7 Å². The van der Waals surface area contributed by atoms with Crippen LogP contribution in [0.5, 0.6) is 0 Å². The number of para-hydroxylation sites is 1. The van der Waals surface area contributed by atoms with Gasteiger partial charge in [0.25, 0.3) is 0 Å². The highest BCUT2D eigenvalue weighted by atomic mass is 15.2. The first-order valence-electron chi connectivity index (χ1n) is 7.18. The third kappa shape index (κ3) is 3.73. The largest absolute Gasteiger partial charge is 0.369 e. The van der Waals surface area contributed by atoms with E-state index in [2.05, 4.69) is 21.9 Å². The maximum absolute atomic E-state index is 9.20. The summed E-state index contributed by atoms with van der Waals surface area (Å²) in [5.41, 5.74) is 1.80. The van der Waals surface area contributed by atoms with Crippen LogP contribution in [0.15, 0.2) is 24.3 Å². The van der Waals surface area contributed by atoms with Crippen molar-refractivity contribution in [3.63, 3.8) is 0 Å². The van der Waals surface area contributed by atoms with E-state index in [1.165, 1.54) is 0 Å². The van der Waals surface area contributed by atoms with Gasteiger partial charge in [-0.1, -0.05) is 12.1 Å². The van der Waals surface area contributed by atoms with Crippen molar-refractivity contribution in [1.29, 1.82) is 10.5 Å². The number of nitriles is 2. The van der Waals surface area contributed by atoms with Crippen LogP contribution in [0.1, 0.15) is 24.8 Å². The lowest BCUT2D eigenvalue weighted by atomic mass is 10.1. The Kier molecular flexibility index (Phi) is 5.41. The summed E-state index contributed by atoms with van der Waals surface area (Å²) < 4.78 is 0. The number of unbranched alkanes of at least 4 members (excludes halogenated alkanes) is 1. The number of nitrogens with zero attached hydrogens (tertiary/aromatic N) is 4. The van der Waals surface area contributed by atoms with Gasteiger partial charge in [-0.2, -0.15) is 10.5 Å². The van der Waals surface area contributed by atoms with Crippen LogP contribution in [0.3, 0.4) is 0 Å². The molecule has 0 radical (unpaired) electrons. The maximum atomic E-state index is 9.20. The molecule has 1 fully saturated rings. The number of hydrogen-bond donors (Lipinski definition) is 0. The molecule has 0 amide bonds. The normalized spacial score (nSPS) is 16.2. The monoisotopic (exact) mass is 268 g/mol. The topological polar surface area (TPSA) is 54.1 Å².